The molecule has 0 spiro atoms. The first kappa shape index (κ1) is 14.1. The molecule has 2 aliphatic rings. The van der Waals surface area contributed by atoms with Crippen molar-refractivity contribution < 1.29 is 9.72 Å². The van der Waals surface area contributed by atoms with Crippen molar-refractivity contribution in [1.82, 2.24) is 15.2 Å². The molecule has 2 N–H and O–H groups in total. The van der Waals surface area contributed by atoms with E-state index >= 15 is 0 Å². The van der Waals surface area contributed by atoms with E-state index in [4.69, 9.17) is 0 Å². The van der Waals surface area contributed by atoms with E-state index in [0.717, 1.165) is 25.3 Å². The first-order chi connectivity index (χ1) is 10.1. The number of amides is 1. The second kappa shape index (κ2) is 5.85. The minimum absolute atomic E-state index is 0.0701. The van der Waals surface area contributed by atoms with Gasteiger partial charge in [-0.1, -0.05) is 0 Å². The van der Waals surface area contributed by atoms with Crippen LogP contribution in [0.15, 0.2) is 12.3 Å². The lowest BCUT2D eigenvalue weighted by Crippen LogP contribution is -2.45. The smallest absolute Gasteiger partial charge is 0.287 e. The lowest BCUT2D eigenvalue weighted by molar-refractivity contribution is -0.384. The number of nitrogens with one attached hydrogen (secondary N) is 2. The molecule has 1 aromatic heterocycles. The molecule has 0 aromatic carbocycles. The maximum Gasteiger partial charge on any atom is 0.287 e. The van der Waals surface area contributed by atoms with Crippen LogP contribution in [0.1, 0.15) is 36.2 Å². The van der Waals surface area contributed by atoms with Crippen LogP contribution >= 0.6 is 0 Å². The van der Waals surface area contributed by atoms with E-state index in [1.807, 2.05) is 0 Å². The van der Waals surface area contributed by atoms with E-state index in [1.54, 1.807) is 4.90 Å². The number of hydrogen-bond acceptors (Lipinski definition) is 4. The fourth-order valence-electron chi connectivity index (χ4n) is 2.72. The summed E-state index contributed by atoms with van der Waals surface area (Å²) in [6.07, 6.45) is 5.84. The van der Waals surface area contributed by atoms with Gasteiger partial charge in [-0.2, -0.15) is 0 Å². The van der Waals surface area contributed by atoms with Crippen molar-refractivity contribution in [2.45, 2.75) is 31.7 Å². The predicted molar refractivity (Wildman–Crippen MR) is 77.1 cm³/mol. The van der Waals surface area contributed by atoms with Gasteiger partial charge in [0.1, 0.15) is 5.69 Å². The van der Waals surface area contributed by atoms with Gasteiger partial charge in [-0.25, -0.2) is 0 Å². The third-order valence-corrected chi connectivity index (χ3v) is 4.28. The maximum atomic E-state index is 12.3. The fraction of sp³-hybridized carbons (Fsp3) is 0.643. The summed E-state index contributed by atoms with van der Waals surface area (Å²) in [4.78, 5) is 26.9. The molecule has 21 heavy (non-hydrogen) atoms. The molecule has 3 rings (SSSR count). The van der Waals surface area contributed by atoms with Gasteiger partial charge in [0, 0.05) is 25.2 Å². The van der Waals surface area contributed by atoms with Gasteiger partial charge in [0.05, 0.1) is 11.1 Å². The van der Waals surface area contributed by atoms with Crippen LogP contribution in [0.25, 0.3) is 0 Å². The minimum atomic E-state index is -0.499. The first-order valence-corrected chi connectivity index (χ1v) is 7.49. The summed E-state index contributed by atoms with van der Waals surface area (Å²) >= 11 is 0. The number of carbonyl (C=O) groups excluding carboxylic acids is 1. The minimum Gasteiger partial charge on any atom is -0.351 e. The molecule has 1 amide bonds. The fourth-order valence-corrected chi connectivity index (χ4v) is 2.72. The van der Waals surface area contributed by atoms with E-state index in [2.05, 4.69) is 10.3 Å². The van der Waals surface area contributed by atoms with E-state index in [-0.39, 0.29) is 11.6 Å². The van der Waals surface area contributed by atoms with Crippen LogP contribution in [0, 0.1) is 16.0 Å². The monoisotopic (exact) mass is 292 g/mol. The van der Waals surface area contributed by atoms with Crippen LogP contribution in [0.4, 0.5) is 5.69 Å². The number of piperidine rings is 1. The summed E-state index contributed by atoms with van der Waals surface area (Å²) < 4.78 is 0. The molecule has 0 atom stereocenters. The summed E-state index contributed by atoms with van der Waals surface area (Å²) in [6.45, 7) is 2.50. The number of nitrogens with zero attached hydrogens (tertiary/aromatic N) is 2. The highest BCUT2D eigenvalue weighted by atomic mass is 16.6. The predicted octanol–water partition coefficient (Wildman–Crippen LogP) is 1.53. The molecule has 1 saturated heterocycles. The number of nitro groups is 1. The van der Waals surface area contributed by atoms with Gasteiger partial charge in [0.15, 0.2) is 0 Å². The van der Waals surface area contributed by atoms with E-state index in [1.165, 1.54) is 25.1 Å². The van der Waals surface area contributed by atoms with Crippen LogP contribution in [0.3, 0.4) is 0 Å². The van der Waals surface area contributed by atoms with E-state index < -0.39 is 4.92 Å². The summed E-state index contributed by atoms with van der Waals surface area (Å²) in [5.74, 6) is 0.716. The Bertz CT molecular complexity index is 530. The van der Waals surface area contributed by atoms with Crippen molar-refractivity contribution in [3.05, 3.63) is 28.1 Å². The number of H-pyrrole nitrogens is 1. The van der Waals surface area contributed by atoms with E-state index in [0.29, 0.717) is 24.8 Å². The van der Waals surface area contributed by atoms with Crippen LogP contribution in [-0.2, 0) is 0 Å². The number of aromatic amines is 1. The molecule has 1 aliphatic heterocycles. The molecular weight excluding hydrogens is 272 g/mol. The zero-order valence-electron chi connectivity index (χ0n) is 11.9. The second-order valence-electron chi connectivity index (χ2n) is 5.95. The molecule has 7 heteroatoms. The Kier molecular flexibility index (Phi) is 3.92. The molecule has 2 fully saturated rings. The molecular formula is C14H20N4O3. The Morgan fingerprint density at radius 2 is 2.10 bits per heavy atom. The average molecular weight is 292 g/mol. The number of likely N-dealkylation sites (tertiary alicyclic amines) is 1. The van der Waals surface area contributed by atoms with Crippen LogP contribution in [0.5, 0.6) is 0 Å². The summed E-state index contributed by atoms with van der Waals surface area (Å²) in [7, 11) is 0. The highest BCUT2D eigenvalue weighted by Crippen LogP contribution is 2.28. The van der Waals surface area contributed by atoms with Gasteiger partial charge in [-0.05, 0) is 38.1 Å². The van der Waals surface area contributed by atoms with Gasteiger partial charge in [-0.3, -0.25) is 14.9 Å². The molecule has 1 aromatic rings. The second-order valence-corrected chi connectivity index (χ2v) is 5.95. The van der Waals surface area contributed by atoms with Crippen molar-refractivity contribution in [2.75, 3.05) is 19.6 Å². The van der Waals surface area contributed by atoms with Gasteiger partial charge in [0.2, 0.25) is 0 Å². The summed E-state index contributed by atoms with van der Waals surface area (Å²) in [5, 5.41) is 14.2. The molecule has 0 unspecified atom stereocenters. The Labute approximate surface area is 122 Å². The molecule has 114 valence electrons. The van der Waals surface area contributed by atoms with Crippen molar-refractivity contribution >= 4 is 11.6 Å². The molecule has 1 aliphatic carbocycles. The lowest BCUT2D eigenvalue weighted by Gasteiger charge is -2.32. The van der Waals surface area contributed by atoms with Gasteiger partial charge in [-0.15, -0.1) is 0 Å². The highest BCUT2D eigenvalue weighted by Gasteiger charge is 2.27. The SMILES string of the molecule is O=C(c1cc([N+](=O)[O-])c[nH]1)N1CCC(NCC2CC2)CC1. The molecule has 2 heterocycles. The normalized spacial score (nSPS) is 19.7. The third kappa shape index (κ3) is 3.41. The Balaban J connectivity index is 1.50. The van der Waals surface area contributed by atoms with Crippen LogP contribution in [0.2, 0.25) is 0 Å². The summed E-state index contributed by atoms with van der Waals surface area (Å²) in [6, 6.07) is 1.80. The van der Waals surface area contributed by atoms with Gasteiger partial charge >= 0.3 is 0 Å². The Morgan fingerprint density at radius 3 is 2.67 bits per heavy atom. The molecule has 0 radical (unpaired) electrons. The Hall–Kier alpha value is -1.89. The van der Waals surface area contributed by atoms with E-state index in [9.17, 15) is 14.9 Å². The lowest BCUT2D eigenvalue weighted by atomic mass is 10.0. The Morgan fingerprint density at radius 1 is 1.38 bits per heavy atom. The van der Waals surface area contributed by atoms with Gasteiger partial charge < -0.3 is 15.2 Å². The topological polar surface area (TPSA) is 91.3 Å². The van der Waals surface area contributed by atoms with Crippen molar-refractivity contribution in [2.24, 2.45) is 5.92 Å². The van der Waals surface area contributed by atoms with Gasteiger partial charge in [0.25, 0.3) is 11.6 Å². The largest absolute Gasteiger partial charge is 0.351 e. The molecule has 0 bridgehead atoms. The standard InChI is InChI=1S/C14H20N4O3/c19-14(13-7-12(9-16-13)18(20)21)17-5-3-11(4-6-17)15-8-10-1-2-10/h7,9-11,15-16H,1-6,8H2. The van der Waals surface area contributed by atoms with Crippen molar-refractivity contribution in [3.8, 4) is 0 Å². The number of rotatable bonds is 5. The quantitative estimate of drug-likeness (QED) is 0.636. The average Bonchev–Trinajstić information content (AvgIpc) is 3.18. The number of aromatic nitrogens is 1. The number of hydrogen-bond donors (Lipinski definition) is 2. The number of carbonyl (C=O) groups is 1. The van der Waals surface area contributed by atoms with Crippen molar-refractivity contribution in [1.29, 1.82) is 0 Å². The molecule has 7 nitrogen and oxygen atoms in total. The summed E-state index contributed by atoms with van der Waals surface area (Å²) in [5.41, 5.74) is 0.227. The zero-order chi connectivity index (χ0) is 14.8. The highest BCUT2D eigenvalue weighted by molar-refractivity contribution is 5.93. The van der Waals surface area contributed by atoms with Crippen LogP contribution in [-0.4, -0.2) is 46.4 Å². The third-order valence-electron chi connectivity index (χ3n) is 4.28. The van der Waals surface area contributed by atoms with Crippen LogP contribution < -0.4 is 5.32 Å². The van der Waals surface area contributed by atoms with Crippen molar-refractivity contribution in [3.63, 3.8) is 0 Å². The molecule has 1 saturated carbocycles. The maximum absolute atomic E-state index is 12.3. The first-order valence-electron chi connectivity index (χ1n) is 7.49. The zero-order valence-corrected chi connectivity index (χ0v) is 11.9.